The number of carbonyl (C=O) groups excluding carboxylic acids is 1. The Hall–Kier alpha value is -2.97. The van der Waals surface area contributed by atoms with E-state index in [4.69, 9.17) is 0 Å². The number of nitrogens with zero attached hydrogens (tertiary/aromatic N) is 4. The molecule has 2 aromatic carbocycles. The molecule has 0 bridgehead atoms. The fourth-order valence-corrected chi connectivity index (χ4v) is 4.43. The molecule has 0 aliphatic rings. The summed E-state index contributed by atoms with van der Waals surface area (Å²) in [6.45, 7) is 5.93. The highest BCUT2D eigenvalue weighted by Crippen LogP contribution is 2.25. The molecule has 0 saturated heterocycles. The predicted octanol–water partition coefficient (Wildman–Crippen LogP) is 5.05. The average molecular weight is 436 g/mol. The van der Waals surface area contributed by atoms with Crippen molar-refractivity contribution in [3.63, 3.8) is 0 Å². The molecule has 4 aromatic rings. The molecule has 0 spiro atoms. The molecule has 4 rings (SSSR count). The Bertz CT molecular complexity index is 1180. The van der Waals surface area contributed by atoms with Crippen LogP contribution in [-0.2, 0) is 4.79 Å². The maximum atomic E-state index is 12.5. The molecule has 2 aromatic heterocycles. The summed E-state index contributed by atoms with van der Waals surface area (Å²) in [4.78, 5) is 17.0. The number of carbonyl (C=O) groups is 1. The van der Waals surface area contributed by atoms with Gasteiger partial charge >= 0.3 is 0 Å². The lowest BCUT2D eigenvalue weighted by atomic mass is 10.1. The third-order valence-electron chi connectivity index (χ3n) is 4.48. The van der Waals surface area contributed by atoms with Gasteiger partial charge in [-0.15, -0.1) is 21.5 Å². The van der Waals surface area contributed by atoms with Crippen LogP contribution in [0.25, 0.3) is 16.9 Å². The zero-order chi connectivity index (χ0) is 21.1. The highest BCUT2D eigenvalue weighted by atomic mass is 32.2. The van der Waals surface area contributed by atoms with E-state index in [0.717, 1.165) is 33.5 Å². The van der Waals surface area contributed by atoms with Crippen LogP contribution in [-0.4, -0.2) is 31.4 Å². The fourth-order valence-electron chi connectivity index (χ4n) is 3.01. The summed E-state index contributed by atoms with van der Waals surface area (Å²) in [6, 6.07) is 15.9. The van der Waals surface area contributed by atoms with E-state index in [-0.39, 0.29) is 11.7 Å². The van der Waals surface area contributed by atoms with E-state index in [1.807, 2.05) is 79.2 Å². The first-order valence-electron chi connectivity index (χ1n) is 9.44. The molecule has 0 aliphatic carbocycles. The minimum Gasteiger partial charge on any atom is -0.325 e. The summed E-state index contributed by atoms with van der Waals surface area (Å²) in [5.74, 6) is 0.931. The number of nitrogens with one attached hydrogen (secondary N) is 1. The van der Waals surface area contributed by atoms with E-state index >= 15 is 0 Å². The van der Waals surface area contributed by atoms with E-state index in [1.165, 1.54) is 17.3 Å². The van der Waals surface area contributed by atoms with Gasteiger partial charge in [0.25, 0.3) is 0 Å². The van der Waals surface area contributed by atoms with Crippen LogP contribution in [0.2, 0.25) is 0 Å². The van der Waals surface area contributed by atoms with Gasteiger partial charge in [0.2, 0.25) is 5.91 Å². The Labute approximate surface area is 183 Å². The summed E-state index contributed by atoms with van der Waals surface area (Å²) >= 11 is 2.97. The molecule has 1 amide bonds. The van der Waals surface area contributed by atoms with E-state index < -0.39 is 0 Å². The normalized spacial score (nSPS) is 10.9. The van der Waals surface area contributed by atoms with Gasteiger partial charge in [0, 0.05) is 22.3 Å². The van der Waals surface area contributed by atoms with Crippen molar-refractivity contribution in [1.29, 1.82) is 0 Å². The van der Waals surface area contributed by atoms with Crippen molar-refractivity contribution in [3.05, 3.63) is 70.3 Å². The molecule has 2 heterocycles. The maximum absolute atomic E-state index is 12.5. The van der Waals surface area contributed by atoms with Crippen molar-refractivity contribution < 1.29 is 4.79 Å². The van der Waals surface area contributed by atoms with Gasteiger partial charge < -0.3 is 5.32 Å². The van der Waals surface area contributed by atoms with Crippen LogP contribution in [0.3, 0.4) is 0 Å². The van der Waals surface area contributed by atoms with E-state index in [1.54, 1.807) is 11.3 Å². The minimum absolute atomic E-state index is 0.0947. The van der Waals surface area contributed by atoms with Crippen LogP contribution >= 0.6 is 23.1 Å². The molecular formula is C22H21N5OS2. The van der Waals surface area contributed by atoms with Crippen LogP contribution in [0.4, 0.5) is 5.69 Å². The molecule has 30 heavy (non-hydrogen) atoms. The lowest BCUT2D eigenvalue weighted by molar-refractivity contribution is -0.113. The number of thioether (sulfide) groups is 1. The largest absolute Gasteiger partial charge is 0.325 e. The predicted molar refractivity (Wildman–Crippen MR) is 122 cm³/mol. The van der Waals surface area contributed by atoms with Crippen molar-refractivity contribution in [2.24, 2.45) is 0 Å². The van der Waals surface area contributed by atoms with Crippen molar-refractivity contribution in [2.45, 2.75) is 25.9 Å². The third kappa shape index (κ3) is 4.60. The smallest absolute Gasteiger partial charge is 0.234 e. The molecule has 1 N–H and O–H groups in total. The van der Waals surface area contributed by atoms with Crippen molar-refractivity contribution >= 4 is 34.7 Å². The SMILES string of the molecule is Cc1ccc(-n2c(C)nnc2SCC(=O)Nc2cccc(-c3csc(C)n3)c2)cc1. The number of hydrogen-bond acceptors (Lipinski definition) is 6. The highest BCUT2D eigenvalue weighted by Gasteiger charge is 2.14. The minimum atomic E-state index is -0.0947. The van der Waals surface area contributed by atoms with Crippen LogP contribution in [0, 0.1) is 20.8 Å². The third-order valence-corrected chi connectivity index (χ3v) is 6.18. The molecule has 0 saturated carbocycles. The molecule has 0 atom stereocenters. The number of anilines is 1. The monoisotopic (exact) mass is 435 g/mol. The zero-order valence-electron chi connectivity index (χ0n) is 16.9. The van der Waals surface area contributed by atoms with Gasteiger partial charge in [-0.2, -0.15) is 0 Å². The van der Waals surface area contributed by atoms with Crippen LogP contribution < -0.4 is 5.32 Å². The quantitative estimate of drug-likeness (QED) is 0.429. The average Bonchev–Trinajstić information content (AvgIpc) is 3.33. The summed E-state index contributed by atoms with van der Waals surface area (Å²) in [5.41, 5.74) is 4.83. The second kappa shape index (κ2) is 8.81. The number of thiazole rings is 1. The molecule has 0 fully saturated rings. The van der Waals surface area contributed by atoms with Crippen molar-refractivity contribution in [2.75, 3.05) is 11.1 Å². The molecular weight excluding hydrogens is 414 g/mol. The molecule has 0 unspecified atom stereocenters. The Morgan fingerprint density at radius 3 is 2.63 bits per heavy atom. The van der Waals surface area contributed by atoms with Gasteiger partial charge in [0.05, 0.1) is 16.5 Å². The van der Waals surface area contributed by atoms with Gasteiger partial charge in [0.1, 0.15) is 5.82 Å². The number of rotatable bonds is 6. The van der Waals surface area contributed by atoms with Crippen LogP contribution in [0.15, 0.2) is 59.1 Å². The Morgan fingerprint density at radius 2 is 1.90 bits per heavy atom. The lowest BCUT2D eigenvalue weighted by Crippen LogP contribution is -2.14. The summed E-state index contributed by atoms with van der Waals surface area (Å²) in [5, 5.41) is 15.1. The maximum Gasteiger partial charge on any atom is 0.234 e. The second-order valence-corrected chi connectivity index (χ2v) is 8.87. The molecule has 8 heteroatoms. The van der Waals surface area contributed by atoms with Gasteiger partial charge in [0.15, 0.2) is 5.16 Å². The Kier molecular flexibility index (Phi) is 5.96. The summed E-state index contributed by atoms with van der Waals surface area (Å²) in [6.07, 6.45) is 0. The number of hydrogen-bond donors (Lipinski definition) is 1. The van der Waals surface area contributed by atoms with Gasteiger partial charge in [-0.1, -0.05) is 41.6 Å². The van der Waals surface area contributed by atoms with Crippen molar-refractivity contribution in [3.8, 4) is 16.9 Å². The first-order valence-corrected chi connectivity index (χ1v) is 11.3. The summed E-state index contributed by atoms with van der Waals surface area (Å²) < 4.78 is 1.96. The second-order valence-electron chi connectivity index (χ2n) is 6.87. The molecule has 152 valence electrons. The number of amides is 1. The summed E-state index contributed by atoms with van der Waals surface area (Å²) in [7, 11) is 0. The molecule has 0 radical (unpaired) electrons. The first kappa shape index (κ1) is 20.3. The number of aromatic nitrogens is 4. The molecule has 6 nitrogen and oxygen atoms in total. The number of aryl methyl sites for hydroxylation is 3. The lowest BCUT2D eigenvalue weighted by Gasteiger charge is -2.09. The van der Waals surface area contributed by atoms with E-state index in [0.29, 0.717) is 5.16 Å². The van der Waals surface area contributed by atoms with Crippen LogP contribution in [0.1, 0.15) is 16.4 Å². The van der Waals surface area contributed by atoms with Gasteiger partial charge in [-0.25, -0.2) is 4.98 Å². The fraction of sp³-hybridized carbons (Fsp3) is 0.182. The van der Waals surface area contributed by atoms with Gasteiger partial charge in [-0.3, -0.25) is 9.36 Å². The first-order chi connectivity index (χ1) is 14.5. The standard InChI is InChI=1S/C22H21N5OS2/c1-14-7-9-19(10-8-14)27-15(2)25-26-22(27)30-13-21(28)24-18-6-4-5-17(11-18)20-12-29-16(3)23-20/h4-12H,13H2,1-3H3,(H,24,28). The Balaban J connectivity index is 1.43. The molecule has 0 aliphatic heterocycles. The number of benzene rings is 2. The van der Waals surface area contributed by atoms with E-state index in [9.17, 15) is 4.79 Å². The highest BCUT2D eigenvalue weighted by molar-refractivity contribution is 7.99. The van der Waals surface area contributed by atoms with Crippen LogP contribution in [0.5, 0.6) is 0 Å². The van der Waals surface area contributed by atoms with E-state index in [2.05, 4.69) is 20.5 Å². The topological polar surface area (TPSA) is 72.7 Å². The van der Waals surface area contributed by atoms with Crippen molar-refractivity contribution in [1.82, 2.24) is 19.7 Å². The Morgan fingerprint density at radius 1 is 1.10 bits per heavy atom. The van der Waals surface area contributed by atoms with Gasteiger partial charge in [-0.05, 0) is 45.0 Å². The zero-order valence-corrected chi connectivity index (χ0v) is 18.5.